The van der Waals surface area contributed by atoms with E-state index >= 15 is 0 Å². The molecule has 0 heterocycles. The number of benzene rings is 2. The highest BCUT2D eigenvalue weighted by molar-refractivity contribution is 5.95. The van der Waals surface area contributed by atoms with E-state index in [2.05, 4.69) is 5.32 Å². The van der Waals surface area contributed by atoms with Crippen LogP contribution in [0, 0.1) is 20.8 Å². The maximum absolute atomic E-state index is 12.2. The highest BCUT2D eigenvalue weighted by atomic mass is 16.3. The van der Waals surface area contributed by atoms with Gasteiger partial charge in [0.2, 0.25) is 0 Å². The van der Waals surface area contributed by atoms with E-state index in [1.54, 1.807) is 6.07 Å². The molecule has 1 amide bonds. The van der Waals surface area contributed by atoms with Gasteiger partial charge in [-0.05, 0) is 43.5 Å². The molecule has 2 N–H and O–H groups in total. The number of carbonyl (C=O) groups is 1. The van der Waals surface area contributed by atoms with E-state index in [1.807, 2.05) is 57.2 Å². The second-order valence-corrected chi connectivity index (χ2v) is 5.38. The Morgan fingerprint density at radius 2 is 1.76 bits per heavy atom. The van der Waals surface area contributed by atoms with Crippen molar-refractivity contribution >= 4 is 5.91 Å². The minimum absolute atomic E-state index is 0.151. The maximum atomic E-state index is 12.2. The molecule has 1 atom stereocenters. The van der Waals surface area contributed by atoms with Gasteiger partial charge in [0.15, 0.2) is 0 Å². The van der Waals surface area contributed by atoms with Crippen LogP contribution in [-0.2, 0) is 0 Å². The first-order valence-corrected chi connectivity index (χ1v) is 7.08. The quantitative estimate of drug-likeness (QED) is 0.906. The molecule has 0 unspecified atom stereocenters. The SMILES string of the molecule is Cc1ccc([C@@H](O)CNC(=O)c2cccc(C)c2C)cc1. The molecule has 110 valence electrons. The van der Waals surface area contributed by atoms with Gasteiger partial charge in [0.05, 0.1) is 6.10 Å². The van der Waals surface area contributed by atoms with Crippen LogP contribution >= 0.6 is 0 Å². The van der Waals surface area contributed by atoms with Gasteiger partial charge < -0.3 is 10.4 Å². The van der Waals surface area contributed by atoms with Crippen molar-refractivity contribution in [1.29, 1.82) is 0 Å². The standard InChI is InChI=1S/C18H21NO2/c1-12-7-9-15(10-8-12)17(20)11-19-18(21)16-6-4-5-13(2)14(16)3/h4-10,17,20H,11H2,1-3H3,(H,19,21)/t17-/m0/s1. The molecule has 2 rings (SSSR count). The fourth-order valence-electron chi connectivity index (χ4n) is 2.19. The van der Waals surface area contributed by atoms with Gasteiger partial charge in [-0.2, -0.15) is 0 Å². The number of aliphatic hydroxyl groups is 1. The summed E-state index contributed by atoms with van der Waals surface area (Å²) < 4.78 is 0. The van der Waals surface area contributed by atoms with E-state index in [0.717, 1.165) is 22.3 Å². The summed E-state index contributed by atoms with van der Waals surface area (Å²) in [6.07, 6.45) is -0.695. The summed E-state index contributed by atoms with van der Waals surface area (Å²) in [5.74, 6) is -0.151. The zero-order valence-corrected chi connectivity index (χ0v) is 12.7. The van der Waals surface area contributed by atoms with Crippen molar-refractivity contribution in [2.75, 3.05) is 6.54 Å². The smallest absolute Gasteiger partial charge is 0.251 e. The van der Waals surface area contributed by atoms with Gasteiger partial charge in [-0.1, -0.05) is 42.0 Å². The first kappa shape index (κ1) is 15.3. The minimum atomic E-state index is -0.695. The predicted octanol–water partition coefficient (Wildman–Crippen LogP) is 3.08. The van der Waals surface area contributed by atoms with Gasteiger partial charge in [-0.15, -0.1) is 0 Å². The second-order valence-electron chi connectivity index (χ2n) is 5.38. The molecule has 3 nitrogen and oxygen atoms in total. The number of hydrogen-bond acceptors (Lipinski definition) is 2. The number of aryl methyl sites for hydroxylation is 2. The van der Waals surface area contributed by atoms with Crippen molar-refractivity contribution in [3.8, 4) is 0 Å². The lowest BCUT2D eigenvalue weighted by Gasteiger charge is -2.14. The van der Waals surface area contributed by atoms with Crippen molar-refractivity contribution in [2.45, 2.75) is 26.9 Å². The number of nitrogens with one attached hydrogen (secondary N) is 1. The van der Waals surface area contributed by atoms with E-state index < -0.39 is 6.10 Å². The Balaban J connectivity index is 2.00. The third-order valence-corrected chi connectivity index (χ3v) is 3.77. The Hall–Kier alpha value is -2.13. The largest absolute Gasteiger partial charge is 0.387 e. The van der Waals surface area contributed by atoms with Crippen LogP contribution in [0.25, 0.3) is 0 Å². The molecule has 0 aliphatic carbocycles. The molecule has 21 heavy (non-hydrogen) atoms. The monoisotopic (exact) mass is 283 g/mol. The lowest BCUT2D eigenvalue weighted by Crippen LogP contribution is -2.29. The van der Waals surface area contributed by atoms with Crippen LogP contribution in [0.4, 0.5) is 0 Å². The summed E-state index contributed by atoms with van der Waals surface area (Å²) in [4.78, 5) is 12.2. The Morgan fingerprint density at radius 1 is 1.10 bits per heavy atom. The van der Waals surface area contributed by atoms with Crippen molar-refractivity contribution in [1.82, 2.24) is 5.32 Å². The van der Waals surface area contributed by atoms with Crippen molar-refractivity contribution in [2.24, 2.45) is 0 Å². The lowest BCUT2D eigenvalue weighted by atomic mass is 10.0. The van der Waals surface area contributed by atoms with Crippen LogP contribution in [0.15, 0.2) is 42.5 Å². The number of hydrogen-bond donors (Lipinski definition) is 2. The van der Waals surface area contributed by atoms with Crippen LogP contribution in [0.3, 0.4) is 0 Å². The van der Waals surface area contributed by atoms with E-state index in [1.165, 1.54) is 0 Å². The molecule has 0 aliphatic rings. The third kappa shape index (κ3) is 3.70. The van der Waals surface area contributed by atoms with Crippen LogP contribution < -0.4 is 5.32 Å². The molecule has 0 saturated carbocycles. The average molecular weight is 283 g/mol. The van der Waals surface area contributed by atoms with Gasteiger partial charge in [0.1, 0.15) is 0 Å². The van der Waals surface area contributed by atoms with Gasteiger partial charge in [0, 0.05) is 12.1 Å². The van der Waals surface area contributed by atoms with E-state index in [4.69, 9.17) is 0 Å². The summed E-state index contributed by atoms with van der Waals surface area (Å²) in [6.45, 7) is 6.11. The van der Waals surface area contributed by atoms with Crippen LogP contribution in [-0.4, -0.2) is 17.6 Å². The highest BCUT2D eigenvalue weighted by Crippen LogP contribution is 2.15. The van der Waals surface area contributed by atoms with Gasteiger partial charge in [-0.3, -0.25) is 4.79 Å². The zero-order chi connectivity index (χ0) is 15.4. The summed E-state index contributed by atoms with van der Waals surface area (Å²) in [7, 11) is 0. The second kappa shape index (κ2) is 6.55. The van der Waals surface area contributed by atoms with E-state index in [0.29, 0.717) is 5.56 Å². The molecule has 3 heteroatoms. The maximum Gasteiger partial charge on any atom is 0.251 e. The number of carbonyl (C=O) groups excluding carboxylic acids is 1. The van der Waals surface area contributed by atoms with Crippen molar-refractivity contribution in [3.05, 3.63) is 70.3 Å². The molecule has 0 fully saturated rings. The minimum Gasteiger partial charge on any atom is -0.387 e. The Kier molecular flexibility index (Phi) is 4.76. The fourth-order valence-corrected chi connectivity index (χ4v) is 2.19. The molecule has 0 bridgehead atoms. The molecule has 0 saturated heterocycles. The Bertz CT molecular complexity index is 632. The molecule has 0 spiro atoms. The fraction of sp³-hybridized carbons (Fsp3) is 0.278. The molecule has 0 aliphatic heterocycles. The van der Waals surface area contributed by atoms with Gasteiger partial charge in [-0.25, -0.2) is 0 Å². The molecular weight excluding hydrogens is 262 g/mol. The van der Waals surface area contributed by atoms with E-state index in [9.17, 15) is 9.90 Å². The summed E-state index contributed by atoms with van der Waals surface area (Å²) >= 11 is 0. The molecule has 0 radical (unpaired) electrons. The summed E-state index contributed by atoms with van der Waals surface area (Å²) in [5.41, 5.74) is 4.67. The first-order valence-electron chi connectivity index (χ1n) is 7.08. The van der Waals surface area contributed by atoms with Crippen LogP contribution in [0.1, 0.15) is 38.7 Å². The summed E-state index contributed by atoms with van der Waals surface area (Å²) in [6, 6.07) is 13.3. The zero-order valence-electron chi connectivity index (χ0n) is 12.7. The first-order chi connectivity index (χ1) is 9.99. The number of aliphatic hydroxyl groups excluding tert-OH is 1. The van der Waals surface area contributed by atoms with E-state index in [-0.39, 0.29) is 12.5 Å². The highest BCUT2D eigenvalue weighted by Gasteiger charge is 2.13. The molecular formula is C18H21NO2. The molecule has 2 aromatic carbocycles. The molecule has 2 aromatic rings. The predicted molar refractivity (Wildman–Crippen MR) is 84.4 cm³/mol. The summed E-state index contributed by atoms with van der Waals surface area (Å²) in [5, 5.41) is 12.9. The van der Waals surface area contributed by atoms with Crippen molar-refractivity contribution in [3.63, 3.8) is 0 Å². The number of amides is 1. The normalized spacial score (nSPS) is 12.0. The van der Waals surface area contributed by atoms with Crippen molar-refractivity contribution < 1.29 is 9.90 Å². The Morgan fingerprint density at radius 3 is 2.43 bits per heavy atom. The number of rotatable bonds is 4. The Labute approximate surface area is 125 Å². The van der Waals surface area contributed by atoms with Gasteiger partial charge >= 0.3 is 0 Å². The van der Waals surface area contributed by atoms with Crippen LogP contribution in [0.2, 0.25) is 0 Å². The van der Waals surface area contributed by atoms with Crippen LogP contribution in [0.5, 0.6) is 0 Å². The molecule has 0 aromatic heterocycles. The third-order valence-electron chi connectivity index (χ3n) is 3.77. The average Bonchev–Trinajstić information content (AvgIpc) is 2.48. The lowest BCUT2D eigenvalue weighted by molar-refractivity contribution is 0.0915. The van der Waals surface area contributed by atoms with Gasteiger partial charge in [0.25, 0.3) is 5.91 Å². The topological polar surface area (TPSA) is 49.3 Å².